The molecule has 0 saturated carbocycles. The highest BCUT2D eigenvalue weighted by Gasteiger charge is 2.38. The van der Waals surface area contributed by atoms with Crippen LogP contribution in [-0.4, -0.2) is 101 Å². The number of aliphatic carboxylic acids is 2. The number of carboxylic acid groups (broad SMARTS) is 2. The maximum absolute atomic E-state index is 13.8. The maximum Gasteiger partial charge on any atom is 0.490 e. The molecule has 8 nitrogen and oxygen atoms in total. The van der Waals surface area contributed by atoms with Crippen molar-refractivity contribution in [2.45, 2.75) is 19.1 Å². The lowest BCUT2D eigenvalue weighted by molar-refractivity contribution is -0.192. The molecular weight excluding hydrogens is 438 g/mol. The van der Waals surface area contributed by atoms with E-state index in [1.807, 2.05) is 11.9 Å². The Morgan fingerprint density at radius 1 is 1.03 bits per heavy atom. The number of aryl methyl sites for hydroxylation is 1. The molecule has 32 heavy (non-hydrogen) atoms. The molecular formula is C20H25F4N3O5. The van der Waals surface area contributed by atoms with Gasteiger partial charge in [0.15, 0.2) is 0 Å². The molecule has 2 N–H and O–H groups in total. The minimum Gasteiger partial charge on any atom is -0.481 e. The molecule has 0 radical (unpaired) electrons. The van der Waals surface area contributed by atoms with E-state index in [1.165, 1.54) is 6.07 Å². The van der Waals surface area contributed by atoms with Crippen LogP contribution in [0.1, 0.15) is 15.9 Å². The molecule has 2 fully saturated rings. The molecule has 2 unspecified atom stereocenters. The third-order valence-corrected chi connectivity index (χ3v) is 5.41. The van der Waals surface area contributed by atoms with Crippen molar-refractivity contribution in [1.29, 1.82) is 0 Å². The predicted molar refractivity (Wildman–Crippen MR) is 105 cm³/mol. The summed E-state index contributed by atoms with van der Waals surface area (Å²) in [7, 11) is 1.91. The lowest BCUT2D eigenvalue weighted by atomic mass is 10.1. The summed E-state index contributed by atoms with van der Waals surface area (Å²) in [5, 5.41) is 16.5. The Morgan fingerprint density at radius 3 is 2.19 bits per heavy atom. The average molecular weight is 463 g/mol. The van der Waals surface area contributed by atoms with Crippen LogP contribution in [-0.2, 0) is 9.59 Å². The van der Waals surface area contributed by atoms with E-state index in [2.05, 4.69) is 4.90 Å². The summed E-state index contributed by atoms with van der Waals surface area (Å²) in [6.45, 7) is 5.11. The van der Waals surface area contributed by atoms with Crippen LogP contribution in [0, 0.1) is 18.7 Å². The van der Waals surface area contributed by atoms with Gasteiger partial charge in [-0.25, -0.2) is 9.18 Å². The Hall–Kier alpha value is -2.73. The number of nitrogens with zero attached hydrogens (tertiary/aromatic N) is 3. The van der Waals surface area contributed by atoms with E-state index in [9.17, 15) is 32.3 Å². The molecule has 2 aliphatic rings. The third-order valence-electron chi connectivity index (χ3n) is 5.41. The minimum absolute atomic E-state index is 0.0994. The zero-order valence-corrected chi connectivity index (χ0v) is 17.6. The monoisotopic (exact) mass is 463 g/mol. The Morgan fingerprint density at radius 2 is 1.66 bits per heavy atom. The Kier molecular flexibility index (Phi) is 8.18. The van der Waals surface area contributed by atoms with Gasteiger partial charge in [0.05, 0.1) is 5.92 Å². The summed E-state index contributed by atoms with van der Waals surface area (Å²) >= 11 is 0. The van der Waals surface area contributed by atoms with Crippen molar-refractivity contribution in [2.24, 2.45) is 5.92 Å². The van der Waals surface area contributed by atoms with E-state index in [4.69, 9.17) is 9.90 Å². The van der Waals surface area contributed by atoms with Gasteiger partial charge in [0.25, 0.3) is 5.91 Å². The minimum atomic E-state index is -5.08. The van der Waals surface area contributed by atoms with E-state index in [1.54, 1.807) is 24.0 Å². The van der Waals surface area contributed by atoms with Crippen LogP contribution in [0.5, 0.6) is 0 Å². The van der Waals surface area contributed by atoms with Gasteiger partial charge in [-0.3, -0.25) is 14.5 Å². The molecule has 178 valence electrons. The van der Waals surface area contributed by atoms with Crippen molar-refractivity contribution >= 4 is 17.8 Å². The van der Waals surface area contributed by atoms with Crippen LogP contribution in [0.2, 0.25) is 0 Å². The van der Waals surface area contributed by atoms with Crippen LogP contribution >= 0.6 is 0 Å². The molecule has 2 aliphatic heterocycles. The first-order valence-electron chi connectivity index (χ1n) is 9.80. The first-order valence-corrected chi connectivity index (χ1v) is 9.80. The number of rotatable bonds is 2. The first-order chi connectivity index (χ1) is 14.8. The van der Waals surface area contributed by atoms with Crippen molar-refractivity contribution < 1.29 is 42.2 Å². The van der Waals surface area contributed by atoms with Crippen molar-refractivity contribution in [3.8, 4) is 0 Å². The van der Waals surface area contributed by atoms with Crippen molar-refractivity contribution in [3.05, 3.63) is 35.1 Å². The number of carbonyl (C=O) groups is 3. The second-order valence-electron chi connectivity index (χ2n) is 7.92. The summed E-state index contributed by atoms with van der Waals surface area (Å²) in [5.74, 6) is -4.49. The Bertz CT molecular complexity index is 864. The summed E-state index contributed by atoms with van der Waals surface area (Å²) in [4.78, 5) is 38.9. The SMILES string of the molecule is Cc1ccc(C(=O)N2CCN3CC(C(=O)O)CN(C)CC3C2)cc1F.O=C(O)C(F)(F)F. The second kappa shape index (κ2) is 10.3. The van der Waals surface area contributed by atoms with Gasteiger partial charge in [0.1, 0.15) is 5.82 Å². The molecule has 0 spiro atoms. The Balaban J connectivity index is 0.000000451. The number of halogens is 4. The maximum atomic E-state index is 13.8. The first kappa shape index (κ1) is 25.5. The quantitative estimate of drug-likeness (QED) is 0.642. The van der Waals surface area contributed by atoms with Crippen molar-refractivity contribution in [2.75, 3.05) is 46.3 Å². The fraction of sp³-hybridized carbons (Fsp3) is 0.550. The Labute approximate surface area is 182 Å². The molecule has 2 atom stereocenters. The number of carboxylic acids is 2. The summed E-state index contributed by atoms with van der Waals surface area (Å²) < 4.78 is 45.5. The van der Waals surface area contributed by atoms with Gasteiger partial charge in [-0.05, 0) is 31.7 Å². The average Bonchev–Trinajstić information content (AvgIpc) is 2.86. The number of likely N-dealkylation sites (N-methyl/N-ethyl adjacent to an activating group) is 1. The molecule has 0 bridgehead atoms. The smallest absolute Gasteiger partial charge is 0.481 e. The van der Waals surface area contributed by atoms with Gasteiger partial charge in [-0.2, -0.15) is 13.2 Å². The van der Waals surface area contributed by atoms with Gasteiger partial charge in [0.2, 0.25) is 0 Å². The van der Waals surface area contributed by atoms with Gasteiger partial charge >= 0.3 is 18.1 Å². The van der Waals surface area contributed by atoms with E-state index < -0.39 is 24.0 Å². The highest BCUT2D eigenvalue weighted by atomic mass is 19.4. The van der Waals surface area contributed by atoms with E-state index in [-0.39, 0.29) is 17.8 Å². The number of hydrogen-bond donors (Lipinski definition) is 2. The number of piperazine rings is 1. The fourth-order valence-electron chi connectivity index (χ4n) is 3.71. The van der Waals surface area contributed by atoms with E-state index in [0.29, 0.717) is 43.9 Å². The number of carbonyl (C=O) groups excluding carboxylic acids is 1. The van der Waals surface area contributed by atoms with Crippen LogP contribution < -0.4 is 0 Å². The standard InChI is InChI=1S/C18H24FN3O3.C2HF3O2/c1-12-3-4-13(7-16(12)19)17(23)22-6-5-21-9-14(18(24)25)8-20(2)10-15(21)11-22;3-2(4,5)1(6)7/h3-4,7,14-15H,5-6,8-11H2,1-2H3,(H,24,25);(H,6,7). The summed E-state index contributed by atoms with van der Waals surface area (Å²) in [6, 6.07) is 4.68. The zero-order chi connectivity index (χ0) is 24.2. The number of alkyl halides is 3. The third kappa shape index (κ3) is 6.63. The fourth-order valence-corrected chi connectivity index (χ4v) is 3.71. The molecule has 12 heteroatoms. The topological polar surface area (TPSA) is 101 Å². The molecule has 2 saturated heterocycles. The molecule has 2 heterocycles. The van der Waals surface area contributed by atoms with Crippen LogP contribution in [0.3, 0.4) is 0 Å². The lowest BCUT2D eigenvalue weighted by Gasteiger charge is -2.41. The predicted octanol–water partition coefficient (Wildman–Crippen LogP) is 1.54. The van der Waals surface area contributed by atoms with E-state index in [0.717, 1.165) is 6.54 Å². The summed E-state index contributed by atoms with van der Waals surface area (Å²) in [6.07, 6.45) is -5.08. The van der Waals surface area contributed by atoms with Gasteiger partial charge in [0, 0.05) is 50.9 Å². The van der Waals surface area contributed by atoms with E-state index >= 15 is 0 Å². The lowest BCUT2D eigenvalue weighted by Crippen LogP contribution is -2.57. The number of hydrogen-bond acceptors (Lipinski definition) is 5. The van der Waals surface area contributed by atoms with Gasteiger partial charge in [-0.15, -0.1) is 0 Å². The van der Waals surface area contributed by atoms with Crippen molar-refractivity contribution in [3.63, 3.8) is 0 Å². The number of fused-ring (bicyclic) bond motifs is 1. The highest BCUT2D eigenvalue weighted by Crippen LogP contribution is 2.20. The number of amides is 1. The summed E-state index contributed by atoms with van der Waals surface area (Å²) in [5.41, 5.74) is 0.883. The second-order valence-corrected chi connectivity index (χ2v) is 7.92. The van der Waals surface area contributed by atoms with Crippen LogP contribution in [0.4, 0.5) is 17.6 Å². The zero-order valence-electron chi connectivity index (χ0n) is 17.6. The van der Waals surface area contributed by atoms with Crippen molar-refractivity contribution in [1.82, 2.24) is 14.7 Å². The largest absolute Gasteiger partial charge is 0.490 e. The van der Waals surface area contributed by atoms with Gasteiger partial charge < -0.3 is 20.0 Å². The molecule has 1 amide bonds. The molecule has 1 aromatic rings. The van der Waals surface area contributed by atoms with Crippen LogP contribution in [0.25, 0.3) is 0 Å². The number of benzene rings is 1. The molecule has 0 aliphatic carbocycles. The van der Waals surface area contributed by atoms with Crippen LogP contribution in [0.15, 0.2) is 18.2 Å². The van der Waals surface area contributed by atoms with Gasteiger partial charge in [-0.1, -0.05) is 6.07 Å². The molecule has 0 aromatic heterocycles. The normalized spacial score (nSPS) is 22.2. The highest BCUT2D eigenvalue weighted by molar-refractivity contribution is 5.94. The molecule has 1 aromatic carbocycles. The molecule has 3 rings (SSSR count).